The summed E-state index contributed by atoms with van der Waals surface area (Å²) in [6.07, 6.45) is 0.363. The molecule has 2 aromatic rings. The van der Waals surface area contributed by atoms with Gasteiger partial charge in [0.2, 0.25) is 10.0 Å². The van der Waals surface area contributed by atoms with Crippen LogP contribution in [0.4, 0.5) is 0 Å². The van der Waals surface area contributed by atoms with Gasteiger partial charge in [0, 0.05) is 6.54 Å². The summed E-state index contributed by atoms with van der Waals surface area (Å²) in [6, 6.07) is 12.4. The number of nitrogens with zero attached hydrogens (tertiary/aromatic N) is 1. The van der Waals surface area contributed by atoms with Gasteiger partial charge in [0.25, 0.3) is 15.9 Å². The van der Waals surface area contributed by atoms with Crippen molar-refractivity contribution in [2.45, 2.75) is 16.2 Å². The summed E-state index contributed by atoms with van der Waals surface area (Å²) in [5, 5.41) is 5.02. The minimum absolute atomic E-state index is 0.0232. The van der Waals surface area contributed by atoms with Crippen LogP contribution >= 0.6 is 0 Å². The van der Waals surface area contributed by atoms with E-state index in [0.29, 0.717) is 6.42 Å². The number of rotatable bonds is 4. The minimum atomic E-state index is -4.08. The van der Waals surface area contributed by atoms with E-state index in [0.717, 1.165) is 22.0 Å². The fourth-order valence-corrected chi connectivity index (χ4v) is 4.74. The van der Waals surface area contributed by atoms with Gasteiger partial charge in [-0.05, 0) is 30.2 Å². The summed E-state index contributed by atoms with van der Waals surface area (Å²) >= 11 is 0. The maximum Gasteiger partial charge on any atom is 0.269 e. The van der Waals surface area contributed by atoms with E-state index in [1.54, 1.807) is 0 Å². The Morgan fingerprint density at radius 1 is 1.04 bits per heavy atom. The van der Waals surface area contributed by atoms with Gasteiger partial charge in [0.15, 0.2) is 0 Å². The molecule has 0 saturated carbocycles. The largest absolute Gasteiger partial charge is 0.269 e. The number of sulfonamides is 2. The van der Waals surface area contributed by atoms with Crippen molar-refractivity contribution >= 4 is 26.0 Å². The van der Waals surface area contributed by atoms with E-state index in [4.69, 9.17) is 5.14 Å². The van der Waals surface area contributed by atoms with Gasteiger partial charge < -0.3 is 0 Å². The van der Waals surface area contributed by atoms with Crippen molar-refractivity contribution in [2.75, 3.05) is 6.54 Å². The molecule has 0 unspecified atom stereocenters. The second-order valence-corrected chi connectivity index (χ2v) is 8.71. The summed E-state index contributed by atoms with van der Waals surface area (Å²) in [4.78, 5) is 11.7. The standard InChI is InChI=1S/C15H14N2O5S2/c16-23(19,20)12-6-7-13-14(10-12)24(21,22)17(15(13)18)9-8-11-4-2-1-3-5-11/h1-7,10H,8-9H2,(H2,16,19,20). The predicted molar refractivity (Wildman–Crippen MR) is 86.2 cm³/mol. The lowest BCUT2D eigenvalue weighted by molar-refractivity contribution is 0.0872. The summed E-state index contributed by atoms with van der Waals surface area (Å²) in [5.41, 5.74) is 0.845. The monoisotopic (exact) mass is 366 g/mol. The first kappa shape index (κ1) is 16.6. The summed E-state index contributed by atoms with van der Waals surface area (Å²) in [5.74, 6) is -0.665. The number of primary sulfonamides is 1. The first-order chi connectivity index (χ1) is 11.2. The molecule has 9 heteroatoms. The Morgan fingerprint density at radius 3 is 2.33 bits per heavy atom. The Bertz CT molecular complexity index is 1020. The smallest absolute Gasteiger partial charge is 0.268 e. The highest BCUT2D eigenvalue weighted by Crippen LogP contribution is 2.32. The zero-order valence-electron chi connectivity index (χ0n) is 12.4. The van der Waals surface area contributed by atoms with Crippen LogP contribution in [-0.4, -0.2) is 33.6 Å². The second kappa shape index (κ2) is 5.69. The SMILES string of the molecule is NS(=O)(=O)c1ccc2c(c1)S(=O)(=O)N(CCc1ccccc1)C2=O. The van der Waals surface area contributed by atoms with Crippen LogP contribution in [0.2, 0.25) is 0 Å². The molecule has 0 aliphatic carbocycles. The molecule has 0 atom stereocenters. The number of amides is 1. The number of fused-ring (bicyclic) bond motifs is 1. The lowest BCUT2D eigenvalue weighted by Gasteiger charge is -2.14. The Labute approximate surface area is 139 Å². The highest BCUT2D eigenvalue weighted by atomic mass is 32.2. The average molecular weight is 366 g/mol. The minimum Gasteiger partial charge on any atom is -0.268 e. The average Bonchev–Trinajstić information content (AvgIpc) is 2.72. The topological polar surface area (TPSA) is 115 Å². The van der Waals surface area contributed by atoms with Crippen molar-refractivity contribution in [2.24, 2.45) is 5.14 Å². The maximum absolute atomic E-state index is 12.6. The van der Waals surface area contributed by atoms with E-state index in [9.17, 15) is 21.6 Å². The molecule has 0 bridgehead atoms. The zero-order chi connectivity index (χ0) is 17.5. The Hall–Kier alpha value is -2.23. The highest BCUT2D eigenvalue weighted by molar-refractivity contribution is 7.90. The number of carbonyl (C=O) groups is 1. The summed E-state index contributed by atoms with van der Waals surface area (Å²) < 4.78 is 48.7. The van der Waals surface area contributed by atoms with Crippen molar-refractivity contribution in [3.8, 4) is 0 Å². The maximum atomic E-state index is 12.6. The molecule has 0 spiro atoms. The van der Waals surface area contributed by atoms with Crippen LogP contribution in [0.1, 0.15) is 15.9 Å². The van der Waals surface area contributed by atoms with Gasteiger partial charge >= 0.3 is 0 Å². The molecular formula is C15H14N2O5S2. The van der Waals surface area contributed by atoms with Gasteiger partial charge in [-0.3, -0.25) is 4.79 Å². The van der Waals surface area contributed by atoms with Gasteiger partial charge in [-0.15, -0.1) is 0 Å². The van der Waals surface area contributed by atoms with Crippen LogP contribution < -0.4 is 5.14 Å². The molecule has 7 nitrogen and oxygen atoms in total. The van der Waals surface area contributed by atoms with Crippen molar-refractivity contribution < 1.29 is 21.6 Å². The molecule has 0 aromatic heterocycles. The lowest BCUT2D eigenvalue weighted by Crippen LogP contribution is -2.32. The third-order valence-corrected chi connectivity index (χ3v) is 6.49. The summed E-state index contributed by atoms with van der Waals surface area (Å²) in [7, 11) is -8.14. The predicted octanol–water partition coefficient (Wildman–Crippen LogP) is 0.721. The number of carbonyl (C=O) groups excluding carboxylic acids is 1. The third kappa shape index (κ3) is 2.81. The van der Waals surface area contributed by atoms with Crippen LogP contribution in [-0.2, 0) is 26.5 Å². The molecule has 2 aromatic carbocycles. The fraction of sp³-hybridized carbons (Fsp3) is 0.133. The van der Waals surface area contributed by atoms with E-state index in [1.807, 2.05) is 30.3 Å². The number of nitrogens with two attached hydrogens (primary N) is 1. The molecule has 24 heavy (non-hydrogen) atoms. The van der Waals surface area contributed by atoms with Crippen molar-refractivity contribution in [3.05, 3.63) is 59.7 Å². The van der Waals surface area contributed by atoms with Crippen molar-refractivity contribution in [1.29, 1.82) is 0 Å². The van der Waals surface area contributed by atoms with Gasteiger partial charge in [-0.1, -0.05) is 30.3 Å². The van der Waals surface area contributed by atoms with Crippen LogP contribution in [0.5, 0.6) is 0 Å². The number of benzene rings is 2. The quantitative estimate of drug-likeness (QED) is 0.856. The van der Waals surface area contributed by atoms with Crippen molar-refractivity contribution in [3.63, 3.8) is 0 Å². The van der Waals surface area contributed by atoms with E-state index in [-0.39, 0.29) is 21.9 Å². The molecule has 0 saturated heterocycles. The van der Waals surface area contributed by atoms with Crippen LogP contribution in [0.3, 0.4) is 0 Å². The lowest BCUT2D eigenvalue weighted by atomic mass is 10.1. The first-order valence-corrected chi connectivity index (χ1v) is 9.98. The normalized spacial score (nSPS) is 16.2. The fourth-order valence-electron chi connectivity index (χ4n) is 2.53. The molecule has 1 heterocycles. The van der Waals surface area contributed by atoms with Crippen LogP contribution in [0.25, 0.3) is 0 Å². The van der Waals surface area contributed by atoms with Gasteiger partial charge in [0.05, 0.1) is 10.5 Å². The molecule has 126 valence electrons. The van der Waals surface area contributed by atoms with Crippen molar-refractivity contribution in [1.82, 2.24) is 4.31 Å². The molecule has 0 radical (unpaired) electrons. The highest BCUT2D eigenvalue weighted by Gasteiger charge is 2.41. The van der Waals surface area contributed by atoms with Gasteiger partial charge in [-0.2, -0.15) is 0 Å². The molecule has 1 amide bonds. The number of hydrogen-bond donors (Lipinski definition) is 1. The molecule has 2 N–H and O–H groups in total. The van der Waals surface area contributed by atoms with Gasteiger partial charge in [-0.25, -0.2) is 26.3 Å². The van der Waals surface area contributed by atoms with Crippen LogP contribution in [0, 0.1) is 0 Å². The van der Waals surface area contributed by atoms with E-state index >= 15 is 0 Å². The molecule has 3 rings (SSSR count). The Kier molecular flexibility index (Phi) is 3.94. The summed E-state index contributed by atoms with van der Waals surface area (Å²) in [6.45, 7) is -0.0232. The van der Waals surface area contributed by atoms with Crippen LogP contribution in [0.15, 0.2) is 58.3 Å². The third-order valence-electron chi connectivity index (χ3n) is 3.75. The zero-order valence-corrected chi connectivity index (χ0v) is 14.0. The van der Waals surface area contributed by atoms with Gasteiger partial charge in [0.1, 0.15) is 4.90 Å². The molecular weight excluding hydrogens is 352 g/mol. The Balaban J connectivity index is 1.95. The van der Waals surface area contributed by atoms with E-state index in [2.05, 4.69) is 0 Å². The molecule has 1 aliphatic rings. The molecule has 1 aliphatic heterocycles. The number of hydrogen-bond acceptors (Lipinski definition) is 5. The van der Waals surface area contributed by atoms with E-state index in [1.165, 1.54) is 6.07 Å². The van der Waals surface area contributed by atoms with E-state index < -0.39 is 26.0 Å². The Morgan fingerprint density at radius 2 is 1.71 bits per heavy atom. The second-order valence-electron chi connectivity index (χ2n) is 5.32. The molecule has 0 fully saturated rings. The first-order valence-electron chi connectivity index (χ1n) is 6.99.